The van der Waals surface area contributed by atoms with Crippen LogP contribution in [-0.4, -0.2) is 30.4 Å². The summed E-state index contributed by atoms with van der Waals surface area (Å²) in [5, 5.41) is -0.371. The number of hydrazine groups is 1. The summed E-state index contributed by atoms with van der Waals surface area (Å²) in [5.74, 6) is 5.83. The maximum atomic E-state index is 12.1. The molecule has 0 aromatic carbocycles. The van der Waals surface area contributed by atoms with Crippen LogP contribution in [0.4, 0.5) is 0 Å². The van der Waals surface area contributed by atoms with Crippen LogP contribution in [0.25, 0.3) is 0 Å². The molecule has 5 nitrogen and oxygen atoms in total. The van der Waals surface area contributed by atoms with Crippen LogP contribution in [-0.2, 0) is 16.3 Å². The van der Waals surface area contributed by atoms with Crippen LogP contribution < -0.4 is 11.3 Å². The van der Waals surface area contributed by atoms with Crippen molar-refractivity contribution in [1.29, 1.82) is 0 Å². The Morgan fingerprint density at radius 1 is 1.39 bits per heavy atom. The van der Waals surface area contributed by atoms with Crippen molar-refractivity contribution in [2.75, 3.05) is 5.75 Å². The van der Waals surface area contributed by atoms with E-state index in [1.54, 1.807) is 12.4 Å². The fourth-order valence-corrected chi connectivity index (χ4v) is 4.61. The summed E-state index contributed by atoms with van der Waals surface area (Å²) >= 11 is 0. The van der Waals surface area contributed by atoms with Gasteiger partial charge in [-0.25, -0.2) is 8.42 Å². The second-order valence-electron chi connectivity index (χ2n) is 4.73. The van der Waals surface area contributed by atoms with Crippen LogP contribution in [0.15, 0.2) is 24.5 Å². The molecule has 1 saturated heterocycles. The van der Waals surface area contributed by atoms with Gasteiger partial charge < -0.3 is 0 Å². The SMILES string of the molecule is NNC(Cc1ccncc1)C1CCCCS1(=O)=O. The van der Waals surface area contributed by atoms with Crippen LogP contribution in [0.5, 0.6) is 0 Å². The van der Waals surface area contributed by atoms with E-state index in [9.17, 15) is 8.42 Å². The smallest absolute Gasteiger partial charge is 0.154 e. The average Bonchev–Trinajstić information content (AvgIpc) is 2.37. The fourth-order valence-electron chi connectivity index (χ4n) is 2.50. The molecule has 0 aliphatic carbocycles. The Morgan fingerprint density at radius 3 is 2.72 bits per heavy atom. The Balaban J connectivity index is 2.13. The zero-order valence-corrected chi connectivity index (χ0v) is 11.1. The number of pyridine rings is 1. The molecule has 0 radical (unpaired) electrons. The van der Waals surface area contributed by atoms with Gasteiger partial charge in [-0.15, -0.1) is 0 Å². The van der Waals surface area contributed by atoms with E-state index in [2.05, 4.69) is 10.4 Å². The molecule has 2 rings (SSSR count). The monoisotopic (exact) mass is 269 g/mol. The van der Waals surface area contributed by atoms with Gasteiger partial charge in [0, 0.05) is 18.4 Å². The molecule has 1 aromatic rings. The molecule has 18 heavy (non-hydrogen) atoms. The first-order valence-electron chi connectivity index (χ1n) is 6.20. The van der Waals surface area contributed by atoms with Gasteiger partial charge in [0.2, 0.25) is 0 Å². The second kappa shape index (κ2) is 5.77. The molecule has 100 valence electrons. The van der Waals surface area contributed by atoms with Crippen LogP contribution in [0.3, 0.4) is 0 Å². The minimum absolute atomic E-state index is 0.224. The van der Waals surface area contributed by atoms with Gasteiger partial charge in [0.05, 0.1) is 11.0 Å². The highest BCUT2D eigenvalue weighted by molar-refractivity contribution is 7.92. The zero-order valence-electron chi connectivity index (χ0n) is 10.2. The number of sulfone groups is 1. The molecule has 2 heterocycles. The predicted molar refractivity (Wildman–Crippen MR) is 70.5 cm³/mol. The molecule has 3 N–H and O–H groups in total. The van der Waals surface area contributed by atoms with Crippen molar-refractivity contribution < 1.29 is 8.42 Å². The minimum Gasteiger partial charge on any atom is -0.271 e. The quantitative estimate of drug-likeness (QED) is 0.611. The first-order valence-corrected chi connectivity index (χ1v) is 7.91. The van der Waals surface area contributed by atoms with E-state index in [1.807, 2.05) is 12.1 Å². The highest BCUT2D eigenvalue weighted by Gasteiger charge is 2.34. The van der Waals surface area contributed by atoms with Crippen LogP contribution >= 0.6 is 0 Å². The zero-order chi connectivity index (χ0) is 13.0. The molecule has 0 spiro atoms. The van der Waals surface area contributed by atoms with Gasteiger partial charge in [0.25, 0.3) is 0 Å². The van der Waals surface area contributed by atoms with Crippen molar-refractivity contribution in [1.82, 2.24) is 10.4 Å². The van der Waals surface area contributed by atoms with E-state index < -0.39 is 9.84 Å². The molecule has 2 unspecified atom stereocenters. The molecular formula is C12H19N3O2S. The Morgan fingerprint density at radius 2 is 2.11 bits per heavy atom. The number of nitrogens with two attached hydrogens (primary N) is 1. The van der Waals surface area contributed by atoms with E-state index >= 15 is 0 Å². The molecule has 1 fully saturated rings. The summed E-state index contributed by atoms with van der Waals surface area (Å²) in [7, 11) is -3.01. The lowest BCUT2D eigenvalue weighted by atomic mass is 10.0. The van der Waals surface area contributed by atoms with Gasteiger partial charge in [-0.3, -0.25) is 16.3 Å². The van der Waals surface area contributed by atoms with E-state index in [0.29, 0.717) is 12.8 Å². The summed E-state index contributed by atoms with van der Waals surface area (Å²) in [6.07, 6.45) is 6.45. The number of aromatic nitrogens is 1. The normalized spacial score (nSPS) is 24.6. The predicted octanol–water partition coefficient (Wildman–Crippen LogP) is 0.423. The highest BCUT2D eigenvalue weighted by Crippen LogP contribution is 2.23. The van der Waals surface area contributed by atoms with Crippen molar-refractivity contribution in [3.63, 3.8) is 0 Å². The van der Waals surface area contributed by atoms with E-state index in [1.165, 1.54) is 0 Å². The average molecular weight is 269 g/mol. The topological polar surface area (TPSA) is 85.1 Å². The van der Waals surface area contributed by atoms with E-state index in [4.69, 9.17) is 5.84 Å². The Kier molecular flexibility index (Phi) is 4.31. The summed E-state index contributed by atoms with van der Waals surface area (Å²) in [4.78, 5) is 3.95. The third-order valence-corrected chi connectivity index (χ3v) is 5.84. The third-order valence-electron chi connectivity index (χ3n) is 3.50. The fraction of sp³-hybridized carbons (Fsp3) is 0.583. The molecule has 0 bridgehead atoms. The summed E-state index contributed by atoms with van der Waals surface area (Å²) in [6, 6.07) is 3.55. The molecule has 1 aliphatic heterocycles. The van der Waals surface area contributed by atoms with Gasteiger partial charge in [-0.1, -0.05) is 6.42 Å². The van der Waals surface area contributed by atoms with Crippen LogP contribution in [0, 0.1) is 0 Å². The third kappa shape index (κ3) is 3.07. The van der Waals surface area contributed by atoms with Crippen LogP contribution in [0.1, 0.15) is 24.8 Å². The lowest BCUT2D eigenvalue weighted by molar-refractivity contribution is 0.440. The molecule has 2 atom stereocenters. The first kappa shape index (κ1) is 13.5. The number of hydrogen-bond donors (Lipinski definition) is 2. The first-order chi connectivity index (χ1) is 8.63. The van der Waals surface area contributed by atoms with Crippen molar-refractivity contribution in [3.8, 4) is 0 Å². The van der Waals surface area contributed by atoms with Gasteiger partial charge in [0.15, 0.2) is 9.84 Å². The largest absolute Gasteiger partial charge is 0.271 e. The van der Waals surface area contributed by atoms with Gasteiger partial charge in [0.1, 0.15) is 0 Å². The van der Waals surface area contributed by atoms with Gasteiger partial charge in [-0.05, 0) is 37.0 Å². The number of rotatable bonds is 4. The van der Waals surface area contributed by atoms with Crippen molar-refractivity contribution in [2.24, 2.45) is 5.84 Å². The number of hydrogen-bond acceptors (Lipinski definition) is 5. The van der Waals surface area contributed by atoms with Gasteiger partial charge >= 0.3 is 0 Å². The van der Waals surface area contributed by atoms with Crippen molar-refractivity contribution >= 4 is 9.84 Å². The number of nitrogens with zero attached hydrogens (tertiary/aromatic N) is 1. The molecule has 1 aliphatic rings. The summed E-state index contributed by atoms with van der Waals surface area (Å²) in [5.41, 5.74) is 3.73. The van der Waals surface area contributed by atoms with E-state index in [-0.39, 0.29) is 17.0 Å². The molecule has 0 saturated carbocycles. The maximum Gasteiger partial charge on any atom is 0.154 e. The Labute approximate surface area is 108 Å². The minimum atomic E-state index is -3.01. The molecule has 0 amide bonds. The summed E-state index contributed by atoms with van der Waals surface area (Å²) < 4.78 is 24.1. The van der Waals surface area contributed by atoms with Crippen molar-refractivity contribution in [3.05, 3.63) is 30.1 Å². The Bertz CT molecular complexity index is 475. The van der Waals surface area contributed by atoms with Crippen molar-refractivity contribution in [2.45, 2.75) is 37.0 Å². The Hall–Kier alpha value is -0.980. The van der Waals surface area contributed by atoms with E-state index in [0.717, 1.165) is 18.4 Å². The molecule has 1 aromatic heterocycles. The second-order valence-corrected chi connectivity index (χ2v) is 7.07. The van der Waals surface area contributed by atoms with Crippen LogP contribution in [0.2, 0.25) is 0 Å². The summed E-state index contributed by atoms with van der Waals surface area (Å²) in [6.45, 7) is 0. The van der Waals surface area contributed by atoms with Gasteiger partial charge in [-0.2, -0.15) is 0 Å². The lowest BCUT2D eigenvalue weighted by Gasteiger charge is -2.29. The standard InChI is InChI=1S/C12H19N3O2S/c13-15-11(9-10-4-6-14-7-5-10)12-3-1-2-8-18(12,16)17/h4-7,11-12,15H,1-3,8-9,13H2. The number of nitrogens with one attached hydrogen (secondary N) is 1. The maximum absolute atomic E-state index is 12.1. The highest BCUT2D eigenvalue weighted by atomic mass is 32.2. The lowest BCUT2D eigenvalue weighted by Crippen LogP contribution is -2.50. The molecular weight excluding hydrogens is 250 g/mol. The molecule has 6 heteroatoms.